The van der Waals surface area contributed by atoms with Crippen LogP contribution in [-0.4, -0.2) is 79.2 Å². The molecule has 256 valence electrons. The van der Waals surface area contributed by atoms with Crippen molar-refractivity contribution < 1.29 is 64.6 Å². The minimum Gasteiger partial charge on any atom is -0.458 e. The van der Waals surface area contributed by atoms with Crippen molar-refractivity contribution >= 4 is 34.0 Å². The molecule has 14 atom stereocenters. The molecule has 6 bridgehead atoms. The largest absolute Gasteiger partial charge is 0.458 e. The maximum atomic E-state index is 14.1. The minimum absolute atomic E-state index is 0.105. The Labute approximate surface area is 265 Å². The zero-order chi connectivity index (χ0) is 33.1. The molecule has 0 aromatic carbocycles. The van der Waals surface area contributed by atoms with Gasteiger partial charge in [-0.15, -0.1) is 0 Å². The smallest absolute Gasteiger partial charge is 0.405 e. The SMILES string of the molecule is CC(C)C1(OC(=O)C2C3CC4C(OC(=O)C42)C3OC(=O)COCC(=O)OC(C)C(F)(F)S(=O)(=O)O)CC2CC1C1C3CCC(C3)C21. The van der Waals surface area contributed by atoms with Crippen LogP contribution in [0.15, 0.2) is 0 Å². The van der Waals surface area contributed by atoms with E-state index >= 15 is 0 Å². The van der Waals surface area contributed by atoms with Crippen molar-refractivity contribution in [2.75, 3.05) is 13.2 Å². The van der Waals surface area contributed by atoms with Crippen molar-refractivity contribution in [3.8, 4) is 0 Å². The van der Waals surface area contributed by atoms with Crippen LogP contribution in [0.4, 0.5) is 8.78 Å². The zero-order valence-corrected chi connectivity index (χ0v) is 26.7. The van der Waals surface area contributed by atoms with Gasteiger partial charge in [0.2, 0.25) is 0 Å². The van der Waals surface area contributed by atoms with Gasteiger partial charge in [-0.3, -0.25) is 14.1 Å². The van der Waals surface area contributed by atoms with Gasteiger partial charge in [0.15, 0.2) is 6.10 Å². The Bertz CT molecular complexity index is 1430. The number of rotatable bonds is 11. The van der Waals surface area contributed by atoms with E-state index < -0.39 is 94.1 Å². The normalized spacial score (nSPS) is 43.6. The summed E-state index contributed by atoms with van der Waals surface area (Å²) in [7, 11) is -5.83. The molecular weight excluding hydrogens is 634 g/mol. The molecule has 1 heterocycles. The average Bonchev–Trinajstić information content (AvgIpc) is 3.80. The molecule has 7 rings (SSSR count). The Morgan fingerprint density at radius 1 is 1.00 bits per heavy atom. The maximum absolute atomic E-state index is 14.1. The Balaban J connectivity index is 0.979. The van der Waals surface area contributed by atoms with Gasteiger partial charge in [0.05, 0.1) is 11.8 Å². The second-order valence-electron chi connectivity index (χ2n) is 15.0. The molecule has 7 fully saturated rings. The lowest BCUT2D eigenvalue weighted by Crippen LogP contribution is -2.53. The first-order chi connectivity index (χ1) is 21.5. The van der Waals surface area contributed by atoms with Gasteiger partial charge in [-0.25, -0.2) is 9.59 Å². The predicted molar refractivity (Wildman–Crippen MR) is 149 cm³/mol. The highest BCUT2D eigenvalue weighted by molar-refractivity contribution is 7.86. The molecule has 1 N–H and O–H groups in total. The number of carbonyl (C=O) groups is 4. The van der Waals surface area contributed by atoms with Crippen LogP contribution in [0.3, 0.4) is 0 Å². The Hall–Kier alpha value is -2.39. The molecule has 0 spiro atoms. The quantitative estimate of drug-likeness (QED) is 0.147. The lowest BCUT2D eigenvalue weighted by Gasteiger charge is -2.48. The van der Waals surface area contributed by atoms with Gasteiger partial charge >= 0.3 is 39.2 Å². The van der Waals surface area contributed by atoms with Gasteiger partial charge in [-0.05, 0) is 81.0 Å². The summed E-state index contributed by atoms with van der Waals surface area (Å²) < 4.78 is 84.6. The van der Waals surface area contributed by atoms with Gasteiger partial charge in [0, 0.05) is 17.8 Å². The summed E-state index contributed by atoms with van der Waals surface area (Å²) in [6.45, 7) is 3.00. The highest BCUT2D eigenvalue weighted by Crippen LogP contribution is 2.71. The summed E-state index contributed by atoms with van der Waals surface area (Å²) in [5.41, 5.74) is -0.589. The summed E-state index contributed by atoms with van der Waals surface area (Å²) in [6.07, 6.45) is 2.04. The zero-order valence-electron chi connectivity index (χ0n) is 25.8. The van der Waals surface area contributed by atoms with Crippen molar-refractivity contribution in [3.63, 3.8) is 0 Å². The third-order valence-corrected chi connectivity index (χ3v) is 13.8. The third-order valence-electron chi connectivity index (χ3n) is 12.7. The van der Waals surface area contributed by atoms with E-state index in [0.29, 0.717) is 37.0 Å². The minimum atomic E-state index is -5.83. The Kier molecular flexibility index (Phi) is 7.56. The van der Waals surface area contributed by atoms with E-state index in [1.165, 1.54) is 19.3 Å². The van der Waals surface area contributed by atoms with Crippen LogP contribution in [0, 0.1) is 65.1 Å². The molecule has 1 aliphatic heterocycles. The van der Waals surface area contributed by atoms with E-state index in [0.717, 1.165) is 24.7 Å². The molecule has 6 saturated carbocycles. The van der Waals surface area contributed by atoms with Gasteiger partial charge in [0.25, 0.3) is 0 Å². The van der Waals surface area contributed by atoms with E-state index in [9.17, 15) is 36.4 Å². The monoisotopic (exact) mass is 674 g/mol. The van der Waals surface area contributed by atoms with E-state index in [4.69, 9.17) is 23.5 Å². The van der Waals surface area contributed by atoms with Gasteiger partial charge in [0.1, 0.15) is 31.0 Å². The molecular formula is C31H40F2O12S. The van der Waals surface area contributed by atoms with Crippen molar-refractivity contribution in [3.05, 3.63) is 0 Å². The molecule has 0 aromatic heterocycles. The summed E-state index contributed by atoms with van der Waals surface area (Å²) in [4.78, 5) is 51.6. The fraction of sp³-hybridized carbons (Fsp3) is 0.871. The molecule has 15 heteroatoms. The molecule has 1 saturated heterocycles. The standard InChI is InChI=1S/C31H40F2O12S/c1-12(2)30(9-16-7-19(30)23-15-5-4-14(6-15)22(16)23)45-29(37)25-18-8-17-24(25)28(36)44-27(17)26(18)43-21(35)11-41-10-20(34)42-13(3)31(32,33)46(38,39)40/h12-19,22-27H,4-11H2,1-3H3,(H,38,39,40). The van der Waals surface area contributed by atoms with Crippen LogP contribution in [0.1, 0.15) is 59.3 Å². The second kappa shape index (κ2) is 10.8. The first-order valence-electron chi connectivity index (χ1n) is 16.3. The molecule has 0 radical (unpaired) electrons. The van der Waals surface area contributed by atoms with E-state index in [-0.39, 0.29) is 11.8 Å². The number of ether oxygens (including phenoxy) is 5. The van der Waals surface area contributed by atoms with Crippen molar-refractivity contribution in [2.24, 2.45) is 65.1 Å². The second-order valence-corrected chi connectivity index (χ2v) is 16.5. The van der Waals surface area contributed by atoms with Crippen molar-refractivity contribution in [1.29, 1.82) is 0 Å². The maximum Gasteiger partial charge on any atom is 0.405 e. The molecule has 12 nitrogen and oxygen atoms in total. The molecule has 14 unspecified atom stereocenters. The van der Waals surface area contributed by atoms with Gasteiger partial charge < -0.3 is 23.7 Å². The number of hydrogen-bond donors (Lipinski definition) is 1. The number of halogens is 2. The highest BCUT2D eigenvalue weighted by Gasteiger charge is 2.73. The molecule has 0 aromatic rings. The predicted octanol–water partition coefficient (Wildman–Crippen LogP) is 2.77. The molecule has 46 heavy (non-hydrogen) atoms. The Morgan fingerprint density at radius 2 is 1.67 bits per heavy atom. The van der Waals surface area contributed by atoms with Crippen LogP contribution >= 0.6 is 0 Å². The number of hydrogen-bond acceptors (Lipinski definition) is 11. The lowest BCUT2D eigenvalue weighted by molar-refractivity contribution is -0.192. The summed E-state index contributed by atoms with van der Waals surface area (Å²) in [5, 5.41) is -4.75. The first kappa shape index (κ1) is 32.2. The Morgan fingerprint density at radius 3 is 2.35 bits per heavy atom. The fourth-order valence-electron chi connectivity index (χ4n) is 11.2. The summed E-state index contributed by atoms with van der Waals surface area (Å²) in [6, 6.07) is 0. The number of carbonyl (C=O) groups excluding carboxylic acids is 4. The van der Waals surface area contributed by atoms with E-state index in [1.807, 2.05) is 0 Å². The third kappa shape index (κ3) is 4.64. The van der Waals surface area contributed by atoms with E-state index in [2.05, 4.69) is 18.6 Å². The summed E-state index contributed by atoms with van der Waals surface area (Å²) >= 11 is 0. The fourth-order valence-corrected chi connectivity index (χ4v) is 11.6. The molecule has 6 aliphatic carbocycles. The van der Waals surface area contributed by atoms with Crippen LogP contribution in [0.5, 0.6) is 0 Å². The molecule has 7 aliphatic rings. The lowest BCUT2D eigenvalue weighted by atomic mass is 9.63. The topological polar surface area (TPSA) is 169 Å². The van der Waals surface area contributed by atoms with Crippen LogP contribution in [0.2, 0.25) is 0 Å². The average molecular weight is 675 g/mol. The number of fused-ring (bicyclic) bond motifs is 10. The van der Waals surface area contributed by atoms with E-state index in [1.54, 1.807) is 0 Å². The van der Waals surface area contributed by atoms with Crippen LogP contribution in [-0.2, 0) is 53.0 Å². The van der Waals surface area contributed by atoms with Gasteiger partial charge in [-0.2, -0.15) is 17.2 Å². The van der Waals surface area contributed by atoms with Crippen molar-refractivity contribution in [2.45, 2.75) is 88.5 Å². The summed E-state index contributed by atoms with van der Waals surface area (Å²) in [5.74, 6) is -1.81. The number of alkyl halides is 2. The number of esters is 4. The highest BCUT2D eigenvalue weighted by atomic mass is 32.2. The first-order valence-corrected chi connectivity index (χ1v) is 17.7. The van der Waals surface area contributed by atoms with Crippen molar-refractivity contribution in [1.82, 2.24) is 0 Å². The van der Waals surface area contributed by atoms with Crippen LogP contribution in [0.25, 0.3) is 0 Å². The van der Waals surface area contributed by atoms with Crippen LogP contribution < -0.4 is 0 Å². The molecule has 0 amide bonds. The van der Waals surface area contributed by atoms with Gasteiger partial charge in [-0.1, -0.05) is 13.8 Å².